The van der Waals surface area contributed by atoms with Gasteiger partial charge in [-0.15, -0.1) is 0 Å². The maximum absolute atomic E-state index is 11.6. The molecule has 0 fully saturated rings. The van der Waals surface area contributed by atoms with Crippen molar-refractivity contribution in [3.05, 3.63) is 48.0 Å². The van der Waals surface area contributed by atoms with Crippen LogP contribution in [0.25, 0.3) is 0 Å². The molecule has 20 heavy (non-hydrogen) atoms. The highest BCUT2D eigenvalue weighted by Gasteiger charge is 2.09. The maximum Gasteiger partial charge on any atom is 0.513 e. The number of carbonyl (C=O) groups excluding carboxylic acids is 1. The summed E-state index contributed by atoms with van der Waals surface area (Å²) < 4.78 is 9.23. The van der Waals surface area contributed by atoms with Gasteiger partial charge in [0.15, 0.2) is 0 Å². The fourth-order valence-corrected chi connectivity index (χ4v) is 1.46. The second-order valence-corrected chi connectivity index (χ2v) is 3.78. The first-order valence-electron chi connectivity index (χ1n) is 5.73. The first-order chi connectivity index (χ1) is 9.63. The van der Waals surface area contributed by atoms with Gasteiger partial charge in [-0.3, -0.25) is 5.32 Å². The van der Waals surface area contributed by atoms with Crippen LogP contribution >= 0.6 is 0 Å². The Hall–Kier alpha value is -2.96. The maximum atomic E-state index is 11.6. The molecule has 1 aromatic carbocycles. The molecule has 0 radical (unpaired) electrons. The summed E-state index contributed by atoms with van der Waals surface area (Å²) in [4.78, 5) is 21.9. The molecule has 3 N–H and O–H groups in total. The van der Waals surface area contributed by atoms with Crippen molar-refractivity contribution in [2.75, 3.05) is 5.32 Å². The Bertz CT molecular complexity index is 594. The zero-order chi connectivity index (χ0) is 14.4. The van der Waals surface area contributed by atoms with Crippen molar-refractivity contribution < 1.29 is 23.8 Å². The summed E-state index contributed by atoms with van der Waals surface area (Å²) in [5, 5.41) is 13.4. The van der Waals surface area contributed by atoms with E-state index in [9.17, 15) is 9.59 Å². The molecule has 0 atom stereocenters. The molecular formula is C13H12N2O5. The van der Waals surface area contributed by atoms with Crippen LogP contribution in [-0.4, -0.2) is 17.3 Å². The highest BCUT2D eigenvalue weighted by molar-refractivity contribution is 5.87. The average molecular weight is 276 g/mol. The zero-order valence-electron chi connectivity index (χ0n) is 10.3. The van der Waals surface area contributed by atoms with Gasteiger partial charge in [-0.2, -0.15) is 0 Å². The number of urea groups is 1. The molecular weight excluding hydrogens is 264 g/mol. The molecule has 0 saturated carbocycles. The van der Waals surface area contributed by atoms with Crippen molar-refractivity contribution in [2.24, 2.45) is 0 Å². The summed E-state index contributed by atoms with van der Waals surface area (Å²) in [7, 11) is 0. The molecule has 0 aliphatic rings. The molecule has 0 bridgehead atoms. The van der Waals surface area contributed by atoms with Crippen LogP contribution in [0.4, 0.5) is 15.5 Å². The minimum absolute atomic E-state index is 0.0896. The Kier molecular flexibility index (Phi) is 4.23. The van der Waals surface area contributed by atoms with Gasteiger partial charge in [0, 0.05) is 18.7 Å². The molecule has 104 valence electrons. The molecule has 2 aromatic rings. The van der Waals surface area contributed by atoms with E-state index in [0.717, 1.165) is 5.56 Å². The van der Waals surface area contributed by atoms with Gasteiger partial charge in [-0.1, -0.05) is 30.3 Å². The number of anilines is 1. The number of furan rings is 1. The highest BCUT2D eigenvalue weighted by Crippen LogP contribution is 2.20. The van der Waals surface area contributed by atoms with Gasteiger partial charge >= 0.3 is 12.2 Å². The third kappa shape index (κ3) is 4.05. The van der Waals surface area contributed by atoms with Gasteiger partial charge in [-0.05, 0) is 5.56 Å². The van der Waals surface area contributed by atoms with Crippen LogP contribution in [0.1, 0.15) is 5.56 Å². The van der Waals surface area contributed by atoms with E-state index in [1.807, 2.05) is 30.3 Å². The molecule has 7 nitrogen and oxygen atoms in total. The number of amides is 2. The number of rotatable bonds is 4. The smallest absolute Gasteiger partial charge is 0.449 e. The van der Waals surface area contributed by atoms with Crippen molar-refractivity contribution in [2.45, 2.75) is 6.54 Å². The number of hydrogen-bond acceptors (Lipinski definition) is 4. The topological polar surface area (TPSA) is 101 Å². The van der Waals surface area contributed by atoms with Crippen molar-refractivity contribution in [1.82, 2.24) is 5.32 Å². The highest BCUT2D eigenvalue weighted by atomic mass is 16.7. The zero-order valence-corrected chi connectivity index (χ0v) is 10.3. The Balaban J connectivity index is 1.82. The van der Waals surface area contributed by atoms with Crippen molar-refractivity contribution >= 4 is 18.1 Å². The summed E-state index contributed by atoms with van der Waals surface area (Å²) in [6.45, 7) is 0.367. The van der Waals surface area contributed by atoms with E-state index in [2.05, 4.69) is 15.4 Å². The van der Waals surface area contributed by atoms with Gasteiger partial charge in [-0.25, -0.2) is 9.59 Å². The molecule has 0 unspecified atom stereocenters. The first kappa shape index (κ1) is 13.5. The summed E-state index contributed by atoms with van der Waals surface area (Å²) >= 11 is 0. The largest absolute Gasteiger partial charge is 0.513 e. The Morgan fingerprint density at radius 1 is 1.15 bits per heavy atom. The third-order valence-electron chi connectivity index (χ3n) is 2.30. The quantitative estimate of drug-likeness (QED) is 0.745. The van der Waals surface area contributed by atoms with Gasteiger partial charge in [0.25, 0.3) is 5.95 Å². The Morgan fingerprint density at radius 2 is 1.90 bits per heavy atom. The summed E-state index contributed by atoms with van der Waals surface area (Å²) in [6, 6.07) is 11.6. The predicted octanol–water partition coefficient (Wildman–Crippen LogP) is 2.66. The molecule has 1 aromatic heterocycles. The van der Waals surface area contributed by atoms with Crippen LogP contribution in [-0.2, 0) is 6.54 Å². The van der Waals surface area contributed by atoms with Crippen molar-refractivity contribution in [3.63, 3.8) is 0 Å². The normalized spacial score (nSPS) is 9.80. The SMILES string of the molecule is O=C(NCc1ccccc1)Nc1ccc(OC(=O)O)o1. The Labute approximate surface area is 114 Å². The van der Waals surface area contributed by atoms with Gasteiger partial charge < -0.3 is 19.6 Å². The Morgan fingerprint density at radius 3 is 2.60 bits per heavy atom. The van der Waals surface area contributed by atoms with Gasteiger partial charge in [0.2, 0.25) is 5.88 Å². The minimum atomic E-state index is -1.49. The number of carboxylic acid groups (broad SMARTS) is 1. The van der Waals surface area contributed by atoms with Crippen LogP contribution < -0.4 is 15.4 Å². The molecule has 7 heteroatoms. The summed E-state index contributed by atoms with van der Waals surface area (Å²) in [6.07, 6.45) is -1.49. The van der Waals surface area contributed by atoms with Crippen LogP contribution in [0.3, 0.4) is 0 Å². The number of hydrogen-bond donors (Lipinski definition) is 3. The van der Waals surface area contributed by atoms with E-state index in [1.54, 1.807) is 0 Å². The average Bonchev–Trinajstić information content (AvgIpc) is 2.84. The number of ether oxygens (including phenoxy) is 1. The van der Waals surface area contributed by atoms with Crippen LogP contribution in [0.2, 0.25) is 0 Å². The summed E-state index contributed by atoms with van der Waals surface area (Å²) in [5.41, 5.74) is 0.956. The van der Waals surface area contributed by atoms with E-state index in [0.29, 0.717) is 6.54 Å². The lowest BCUT2D eigenvalue weighted by Crippen LogP contribution is -2.27. The first-order valence-corrected chi connectivity index (χ1v) is 5.73. The molecule has 2 amide bonds. The van der Waals surface area contributed by atoms with Crippen LogP contribution in [0, 0.1) is 0 Å². The number of nitrogens with one attached hydrogen (secondary N) is 2. The molecule has 0 aliphatic carbocycles. The second-order valence-electron chi connectivity index (χ2n) is 3.78. The van der Waals surface area contributed by atoms with E-state index >= 15 is 0 Å². The van der Waals surface area contributed by atoms with E-state index in [4.69, 9.17) is 9.52 Å². The number of benzene rings is 1. The van der Waals surface area contributed by atoms with Gasteiger partial charge in [0.05, 0.1) is 0 Å². The molecule has 0 aliphatic heterocycles. The molecule has 0 spiro atoms. The van der Waals surface area contributed by atoms with Crippen LogP contribution in [0.15, 0.2) is 46.9 Å². The summed E-state index contributed by atoms with van der Waals surface area (Å²) in [5.74, 6) is -0.123. The molecule has 0 saturated heterocycles. The van der Waals surface area contributed by atoms with Crippen molar-refractivity contribution in [3.8, 4) is 5.95 Å². The lowest BCUT2D eigenvalue weighted by atomic mass is 10.2. The van der Waals surface area contributed by atoms with Crippen LogP contribution in [0.5, 0.6) is 5.95 Å². The molecule has 2 rings (SSSR count). The second kappa shape index (κ2) is 6.28. The standard InChI is InChI=1S/C13H12N2O5/c16-12(14-8-9-4-2-1-3-5-9)15-10-6-7-11(19-10)20-13(17)18/h1-7H,8H2,(H,17,18)(H2,14,15,16). The van der Waals surface area contributed by atoms with Crippen molar-refractivity contribution in [1.29, 1.82) is 0 Å². The monoisotopic (exact) mass is 276 g/mol. The predicted molar refractivity (Wildman–Crippen MR) is 69.7 cm³/mol. The third-order valence-corrected chi connectivity index (χ3v) is 2.30. The van der Waals surface area contributed by atoms with E-state index in [-0.39, 0.29) is 11.8 Å². The lowest BCUT2D eigenvalue weighted by molar-refractivity contribution is 0.133. The van der Waals surface area contributed by atoms with E-state index in [1.165, 1.54) is 12.1 Å². The fourth-order valence-electron chi connectivity index (χ4n) is 1.46. The van der Waals surface area contributed by atoms with Gasteiger partial charge in [0.1, 0.15) is 0 Å². The molecule has 1 heterocycles. The number of carbonyl (C=O) groups is 2. The lowest BCUT2D eigenvalue weighted by Gasteiger charge is -2.05. The minimum Gasteiger partial charge on any atom is -0.449 e. The fraction of sp³-hybridized carbons (Fsp3) is 0.0769. The van der Waals surface area contributed by atoms with E-state index < -0.39 is 12.2 Å².